The van der Waals surface area contributed by atoms with Gasteiger partial charge in [-0.3, -0.25) is 9.59 Å². The van der Waals surface area contributed by atoms with Gasteiger partial charge in [0.2, 0.25) is 5.91 Å². The summed E-state index contributed by atoms with van der Waals surface area (Å²) in [5, 5.41) is 12.7. The normalized spacial score (nSPS) is 11.9. The molecule has 6 nitrogen and oxygen atoms in total. The van der Waals surface area contributed by atoms with E-state index in [0.29, 0.717) is 11.3 Å². The molecule has 3 aromatic rings. The highest BCUT2D eigenvalue weighted by molar-refractivity contribution is 5.94. The van der Waals surface area contributed by atoms with E-state index in [1.54, 1.807) is 18.2 Å². The van der Waals surface area contributed by atoms with Crippen LogP contribution in [0.4, 0.5) is 5.69 Å². The summed E-state index contributed by atoms with van der Waals surface area (Å²) in [5.41, 5.74) is 2.03. The van der Waals surface area contributed by atoms with E-state index in [1.165, 1.54) is 6.07 Å². The zero-order valence-corrected chi connectivity index (χ0v) is 14.8. The molecule has 0 saturated heterocycles. The topological polar surface area (TPSA) is 96.6 Å². The van der Waals surface area contributed by atoms with E-state index in [-0.39, 0.29) is 18.7 Å². The van der Waals surface area contributed by atoms with E-state index in [0.717, 1.165) is 16.5 Å². The average molecular weight is 365 g/mol. The summed E-state index contributed by atoms with van der Waals surface area (Å²) in [6.45, 7) is 1.81. The van der Waals surface area contributed by atoms with Crippen molar-refractivity contribution in [3.8, 4) is 0 Å². The van der Waals surface area contributed by atoms with Crippen LogP contribution < -0.4 is 10.9 Å². The van der Waals surface area contributed by atoms with Crippen LogP contribution in [-0.4, -0.2) is 17.0 Å². The zero-order chi connectivity index (χ0) is 19.4. The highest BCUT2D eigenvalue weighted by atomic mass is 16.4. The first kappa shape index (κ1) is 18.4. The molecule has 1 amide bonds. The molecule has 0 aliphatic carbocycles. The molecule has 1 aromatic heterocycles. The Labute approximate surface area is 155 Å². The van der Waals surface area contributed by atoms with Crippen LogP contribution in [0.3, 0.4) is 0 Å². The number of rotatable bonds is 6. The molecular weight excluding hydrogens is 346 g/mol. The molecule has 138 valence electrons. The standard InChI is InChI=1S/C21H19NO5/c1-13-9-21(26)27-18-12-16(7-8-17(13)18)22-19(23)10-15(11-20(24)25)14-5-3-2-4-6-14/h2-9,12,15H,10-11H2,1H3,(H,22,23)(H,24,25)/t15-/m0/s1. The number of nitrogens with one attached hydrogen (secondary N) is 1. The van der Waals surface area contributed by atoms with Crippen LogP contribution in [0.25, 0.3) is 11.0 Å². The van der Waals surface area contributed by atoms with Gasteiger partial charge >= 0.3 is 11.6 Å². The van der Waals surface area contributed by atoms with Crippen molar-refractivity contribution < 1.29 is 19.1 Å². The van der Waals surface area contributed by atoms with Crippen molar-refractivity contribution in [2.45, 2.75) is 25.7 Å². The van der Waals surface area contributed by atoms with Gasteiger partial charge in [-0.25, -0.2) is 4.79 Å². The van der Waals surface area contributed by atoms with Gasteiger partial charge in [-0.05, 0) is 30.2 Å². The number of carboxylic acid groups (broad SMARTS) is 1. The molecule has 2 aromatic carbocycles. The second-order valence-electron chi connectivity index (χ2n) is 6.42. The predicted molar refractivity (Wildman–Crippen MR) is 102 cm³/mol. The van der Waals surface area contributed by atoms with Gasteiger partial charge in [0.05, 0.1) is 6.42 Å². The van der Waals surface area contributed by atoms with E-state index >= 15 is 0 Å². The molecule has 0 aliphatic rings. The van der Waals surface area contributed by atoms with Crippen LogP contribution in [0.15, 0.2) is 63.8 Å². The van der Waals surface area contributed by atoms with Crippen LogP contribution in [0.2, 0.25) is 0 Å². The summed E-state index contributed by atoms with van der Waals surface area (Å²) in [5.74, 6) is -1.69. The third-order valence-electron chi connectivity index (χ3n) is 4.36. The molecule has 0 aliphatic heterocycles. The van der Waals surface area contributed by atoms with Crippen molar-refractivity contribution in [3.05, 3.63) is 76.1 Å². The summed E-state index contributed by atoms with van der Waals surface area (Å²) < 4.78 is 5.18. The van der Waals surface area contributed by atoms with Crippen molar-refractivity contribution in [2.75, 3.05) is 5.32 Å². The van der Waals surface area contributed by atoms with Crippen LogP contribution in [-0.2, 0) is 9.59 Å². The fourth-order valence-corrected chi connectivity index (χ4v) is 3.08. The lowest BCUT2D eigenvalue weighted by atomic mass is 9.92. The minimum atomic E-state index is -0.959. The molecular formula is C21H19NO5. The Morgan fingerprint density at radius 3 is 2.52 bits per heavy atom. The Morgan fingerprint density at radius 1 is 1.07 bits per heavy atom. The molecule has 3 rings (SSSR count). The number of carboxylic acids is 1. The fourth-order valence-electron chi connectivity index (χ4n) is 3.08. The lowest BCUT2D eigenvalue weighted by Crippen LogP contribution is -2.17. The summed E-state index contributed by atoms with van der Waals surface area (Å²) in [6, 6.07) is 15.6. The van der Waals surface area contributed by atoms with E-state index in [1.807, 2.05) is 37.3 Å². The maximum absolute atomic E-state index is 12.5. The monoisotopic (exact) mass is 365 g/mol. The highest BCUT2D eigenvalue weighted by Gasteiger charge is 2.19. The number of hydrogen-bond donors (Lipinski definition) is 2. The third kappa shape index (κ3) is 4.61. The van der Waals surface area contributed by atoms with Gasteiger partial charge in [-0.2, -0.15) is 0 Å². The second kappa shape index (κ2) is 7.86. The number of aryl methyl sites for hydroxylation is 1. The zero-order valence-electron chi connectivity index (χ0n) is 14.8. The predicted octanol–water partition coefficient (Wildman–Crippen LogP) is 3.69. The first-order chi connectivity index (χ1) is 12.9. The van der Waals surface area contributed by atoms with Gasteiger partial charge in [-0.1, -0.05) is 30.3 Å². The number of anilines is 1. The van der Waals surface area contributed by atoms with E-state index in [2.05, 4.69) is 5.32 Å². The number of fused-ring (bicyclic) bond motifs is 1. The quantitative estimate of drug-likeness (QED) is 0.650. The molecule has 0 bridgehead atoms. The Bertz CT molecular complexity index is 1040. The van der Waals surface area contributed by atoms with Crippen LogP contribution in [0.1, 0.15) is 29.9 Å². The summed E-state index contributed by atoms with van der Waals surface area (Å²) >= 11 is 0. The van der Waals surface area contributed by atoms with E-state index in [9.17, 15) is 14.4 Å². The van der Waals surface area contributed by atoms with Gasteiger partial charge < -0.3 is 14.8 Å². The highest BCUT2D eigenvalue weighted by Crippen LogP contribution is 2.25. The Balaban J connectivity index is 1.78. The molecule has 0 fully saturated rings. The molecule has 1 atom stereocenters. The third-order valence-corrected chi connectivity index (χ3v) is 4.36. The lowest BCUT2D eigenvalue weighted by molar-refractivity contribution is -0.137. The summed E-state index contributed by atoms with van der Waals surface area (Å²) in [4.78, 5) is 35.1. The smallest absolute Gasteiger partial charge is 0.336 e. The number of amides is 1. The largest absolute Gasteiger partial charge is 0.481 e. The average Bonchev–Trinajstić information content (AvgIpc) is 2.61. The minimum Gasteiger partial charge on any atom is -0.481 e. The number of aliphatic carboxylic acids is 1. The van der Waals surface area contributed by atoms with Crippen molar-refractivity contribution in [1.82, 2.24) is 0 Å². The van der Waals surface area contributed by atoms with Crippen molar-refractivity contribution in [3.63, 3.8) is 0 Å². The van der Waals surface area contributed by atoms with Crippen LogP contribution in [0.5, 0.6) is 0 Å². The Hall–Kier alpha value is -3.41. The number of hydrogen-bond acceptors (Lipinski definition) is 4. The van der Waals surface area contributed by atoms with Crippen molar-refractivity contribution in [2.24, 2.45) is 0 Å². The SMILES string of the molecule is Cc1cc(=O)oc2cc(NC(=O)C[C@@H](CC(=O)O)c3ccccc3)ccc12. The van der Waals surface area contributed by atoms with Gasteiger partial charge in [0.15, 0.2) is 0 Å². The van der Waals surface area contributed by atoms with Gasteiger partial charge in [0.25, 0.3) is 0 Å². The molecule has 0 unspecified atom stereocenters. The first-order valence-electron chi connectivity index (χ1n) is 8.53. The summed E-state index contributed by atoms with van der Waals surface area (Å²) in [6.07, 6.45) is -0.102. The molecule has 6 heteroatoms. The molecule has 2 N–H and O–H groups in total. The number of carbonyl (C=O) groups excluding carboxylic acids is 1. The second-order valence-corrected chi connectivity index (χ2v) is 6.42. The lowest BCUT2D eigenvalue weighted by Gasteiger charge is -2.15. The number of benzene rings is 2. The van der Waals surface area contributed by atoms with Crippen molar-refractivity contribution >= 4 is 28.5 Å². The Morgan fingerprint density at radius 2 is 1.81 bits per heavy atom. The van der Waals surface area contributed by atoms with E-state index < -0.39 is 17.5 Å². The van der Waals surface area contributed by atoms with E-state index in [4.69, 9.17) is 9.52 Å². The summed E-state index contributed by atoms with van der Waals surface area (Å²) in [7, 11) is 0. The van der Waals surface area contributed by atoms with Gasteiger partial charge in [0.1, 0.15) is 5.58 Å². The molecule has 1 heterocycles. The molecule has 27 heavy (non-hydrogen) atoms. The minimum absolute atomic E-state index is 0.0338. The Kier molecular flexibility index (Phi) is 5.35. The van der Waals surface area contributed by atoms with Crippen LogP contribution >= 0.6 is 0 Å². The van der Waals surface area contributed by atoms with Gasteiger partial charge in [0, 0.05) is 35.5 Å². The van der Waals surface area contributed by atoms with Crippen molar-refractivity contribution in [1.29, 1.82) is 0 Å². The van der Waals surface area contributed by atoms with Gasteiger partial charge in [-0.15, -0.1) is 0 Å². The number of carbonyl (C=O) groups is 2. The fraction of sp³-hybridized carbons (Fsp3) is 0.190. The maximum Gasteiger partial charge on any atom is 0.336 e. The first-order valence-corrected chi connectivity index (χ1v) is 8.53. The molecule has 0 saturated carbocycles. The molecule has 0 radical (unpaired) electrons. The van der Waals surface area contributed by atoms with Crippen LogP contribution in [0, 0.1) is 6.92 Å². The molecule has 0 spiro atoms. The maximum atomic E-state index is 12.5.